The molecular weight excluding hydrogens is 219 g/mol. The molecule has 0 heterocycles. The van der Waals surface area contributed by atoms with E-state index in [1.165, 1.54) is 12.1 Å². The summed E-state index contributed by atoms with van der Waals surface area (Å²) >= 11 is 0. The number of hydrogen-bond donors (Lipinski definition) is 1. The maximum absolute atomic E-state index is 12.9. The topological polar surface area (TPSA) is 52.9 Å². The number of hydrogen-bond acceptors (Lipinski definition) is 2. The summed E-state index contributed by atoms with van der Waals surface area (Å²) in [6, 6.07) is 5.58. The molecule has 0 radical (unpaired) electrons. The molecule has 0 spiro atoms. The van der Waals surface area contributed by atoms with Crippen molar-refractivity contribution in [3.8, 4) is 6.07 Å². The van der Waals surface area contributed by atoms with Crippen LogP contribution in [0.2, 0.25) is 0 Å². The van der Waals surface area contributed by atoms with Gasteiger partial charge in [0.1, 0.15) is 11.9 Å². The molecule has 0 saturated carbocycles. The Balaban J connectivity index is 2.97. The molecule has 0 fully saturated rings. The fourth-order valence-corrected chi connectivity index (χ4v) is 1.17. The normalized spacial score (nSPS) is 10.8. The lowest BCUT2D eigenvalue weighted by molar-refractivity contribution is -0.124. The molecule has 0 bridgehead atoms. The van der Waals surface area contributed by atoms with Gasteiger partial charge in [0.2, 0.25) is 5.91 Å². The molecule has 3 nitrogen and oxygen atoms in total. The van der Waals surface area contributed by atoms with Crippen LogP contribution in [0, 0.1) is 22.6 Å². The van der Waals surface area contributed by atoms with E-state index >= 15 is 0 Å². The molecule has 0 aliphatic rings. The van der Waals surface area contributed by atoms with Crippen molar-refractivity contribution in [2.24, 2.45) is 5.41 Å². The molecule has 0 aliphatic carbocycles. The molecule has 17 heavy (non-hydrogen) atoms. The van der Waals surface area contributed by atoms with E-state index in [1.807, 2.05) is 26.8 Å². The molecule has 0 aromatic heterocycles. The summed E-state index contributed by atoms with van der Waals surface area (Å²) in [6.07, 6.45) is 0.682. The number of carbonyl (C=O) groups is 1. The van der Waals surface area contributed by atoms with Crippen LogP contribution >= 0.6 is 0 Å². The zero-order valence-corrected chi connectivity index (χ0v) is 10.2. The zero-order chi connectivity index (χ0) is 13.1. The van der Waals surface area contributed by atoms with Gasteiger partial charge in [-0.15, -0.1) is 0 Å². The molecule has 1 aromatic rings. The number of nitriles is 1. The first kappa shape index (κ1) is 13.2. The van der Waals surface area contributed by atoms with Crippen LogP contribution in [-0.4, -0.2) is 5.91 Å². The quantitative estimate of drug-likeness (QED) is 0.873. The molecular formula is C13H15FN2O. The second-order valence-electron chi connectivity index (χ2n) is 4.49. The highest BCUT2D eigenvalue weighted by atomic mass is 19.1. The average molecular weight is 234 g/mol. The van der Waals surface area contributed by atoms with Crippen LogP contribution in [-0.2, 0) is 4.79 Å². The van der Waals surface area contributed by atoms with E-state index < -0.39 is 11.2 Å². The van der Waals surface area contributed by atoms with Crippen molar-refractivity contribution in [3.63, 3.8) is 0 Å². The van der Waals surface area contributed by atoms with Crippen molar-refractivity contribution in [1.29, 1.82) is 5.26 Å². The van der Waals surface area contributed by atoms with Gasteiger partial charge in [0.25, 0.3) is 0 Å². The van der Waals surface area contributed by atoms with Gasteiger partial charge in [-0.05, 0) is 24.6 Å². The molecule has 0 saturated heterocycles. The average Bonchev–Trinajstić information content (AvgIpc) is 2.31. The highest BCUT2D eigenvalue weighted by Gasteiger charge is 2.25. The Kier molecular flexibility index (Phi) is 3.84. The van der Waals surface area contributed by atoms with Gasteiger partial charge in [0.15, 0.2) is 0 Å². The Bertz CT molecular complexity index is 475. The number of anilines is 1. The maximum atomic E-state index is 12.9. The first-order valence-corrected chi connectivity index (χ1v) is 5.42. The van der Waals surface area contributed by atoms with Crippen LogP contribution in [0.15, 0.2) is 18.2 Å². The first-order valence-electron chi connectivity index (χ1n) is 5.42. The Morgan fingerprint density at radius 1 is 1.53 bits per heavy atom. The van der Waals surface area contributed by atoms with E-state index in [0.717, 1.165) is 6.07 Å². The first-order chi connectivity index (χ1) is 7.90. The van der Waals surface area contributed by atoms with Gasteiger partial charge >= 0.3 is 0 Å². The van der Waals surface area contributed by atoms with E-state index in [2.05, 4.69) is 5.32 Å². The summed E-state index contributed by atoms with van der Waals surface area (Å²) in [7, 11) is 0. The molecule has 0 unspecified atom stereocenters. The molecule has 4 heteroatoms. The standard InChI is InChI=1S/C13H15FN2O/c1-4-13(2,3)12(17)16-11-6-5-10(14)7-9(11)8-15/h5-7H,4H2,1-3H3,(H,16,17). The minimum absolute atomic E-state index is 0.130. The SMILES string of the molecule is CCC(C)(C)C(=O)Nc1ccc(F)cc1C#N. The van der Waals surface area contributed by atoms with Gasteiger partial charge < -0.3 is 5.32 Å². The minimum atomic E-state index is -0.513. The third kappa shape index (κ3) is 3.04. The molecule has 1 amide bonds. The third-order valence-electron chi connectivity index (χ3n) is 2.85. The summed E-state index contributed by atoms with van der Waals surface area (Å²) in [5, 5.41) is 11.5. The monoisotopic (exact) mass is 234 g/mol. The lowest BCUT2D eigenvalue weighted by Crippen LogP contribution is -2.30. The van der Waals surface area contributed by atoms with Gasteiger partial charge in [-0.3, -0.25) is 4.79 Å². The van der Waals surface area contributed by atoms with Gasteiger partial charge in [-0.2, -0.15) is 5.26 Å². The van der Waals surface area contributed by atoms with Crippen LogP contribution in [0.1, 0.15) is 32.8 Å². The zero-order valence-electron chi connectivity index (χ0n) is 10.2. The summed E-state index contributed by atoms with van der Waals surface area (Å²) in [6.45, 7) is 5.55. The number of benzene rings is 1. The largest absolute Gasteiger partial charge is 0.324 e. The van der Waals surface area contributed by atoms with Gasteiger partial charge in [-0.25, -0.2) is 4.39 Å². The van der Waals surface area contributed by atoms with Crippen molar-refractivity contribution in [2.45, 2.75) is 27.2 Å². The second-order valence-corrected chi connectivity index (χ2v) is 4.49. The maximum Gasteiger partial charge on any atom is 0.230 e. The van der Waals surface area contributed by atoms with Crippen LogP contribution in [0.3, 0.4) is 0 Å². The van der Waals surface area contributed by atoms with E-state index in [-0.39, 0.29) is 11.5 Å². The van der Waals surface area contributed by atoms with Crippen molar-refractivity contribution in [3.05, 3.63) is 29.6 Å². The third-order valence-corrected chi connectivity index (χ3v) is 2.85. The number of nitrogens with one attached hydrogen (secondary N) is 1. The van der Waals surface area contributed by atoms with Crippen LogP contribution < -0.4 is 5.32 Å². The lowest BCUT2D eigenvalue weighted by Gasteiger charge is -2.21. The fraction of sp³-hybridized carbons (Fsp3) is 0.385. The van der Waals surface area contributed by atoms with Crippen molar-refractivity contribution in [2.75, 3.05) is 5.32 Å². The Hall–Kier alpha value is -1.89. The Morgan fingerprint density at radius 3 is 2.71 bits per heavy atom. The molecule has 90 valence electrons. The molecule has 0 aliphatic heterocycles. The summed E-state index contributed by atoms with van der Waals surface area (Å²) in [4.78, 5) is 11.9. The van der Waals surface area contributed by atoms with Crippen LogP contribution in [0.4, 0.5) is 10.1 Å². The molecule has 0 atom stereocenters. The van der Waals surface area contributed by atoms with Crippen molar-refractivity contribution < 1.29 is 9.18 Å². The minimum Gasteiger partial charge on any atom is -0.324 e. The molecule has 1 rings (SSSR count). The highest BCUT2D eigenvalue weighted by Crippen LogP contribution is 2.24. The summed E-state index contributed by atoms with van der Waals surface area (Å²) < 4.78 is 12.9. The number of halogens is 1. The van der Waals surface area contributed by atoms with E-state index in [0.29, 0.717) is 12.1 Å². The highest BCUT2D eigenvalue weighted by molar-refractivity contribution is 5.95. The predicted octanol–water partition coefficient (Wildman–Crippen LogP) is 3.07. The fourth-order valence-electron chi connectivity index (χ4n) is 1.17. The van der Waals surface area contributed by atoms with E-state index in [4.69, 9.17) is 5.26 Å². The van der Waals surface area contributed by atoms with E-state index in [1.54, 1.807) is 0 Å². The van der Waals surface area contributed by atoms with Gasteiger partial charge in [-0.1, -0.05) is 20.8 Å². The Labute approximate surface area is 100 Å². The lowest BCUT2D eigenvalue weighted by atomic mass is 9.89. The predicted molar refractivity (Wildman–Crippen MR) is 63.8 cm³/mol. The Morgan fingerprint density at radius 2 is 2.18 bits per heavy atom. The summed E-state index contributed by atoms with van der Waals surface area (Å²) in [5.74, 6) is -0.669. The van der Waals surface area contributed by atoms with Crippen LogP contribution in [0.5, 0.6) is 0 Å². The van der Waals surface area contributed by atoms with Gasteiger partial charge in [0, 0.05) is 5.41 Å². The number of rotatable bonds is 3. The van der Waals surface area contributed by atoms with Crippen LogP contribution in [0.25, 0.3) is 0 Å². The second kappa shape index (κ2) is 4.96. The molecule has 1 N–H and O–H groups in total. The number of amides is 1. The molecule has 1 aromatic carbocycles. The van der Waals surface area contributed by atoms with Crippen molar-refractivity contribution >= 4 is 11.6 Å². The van der Waals surface area contributed by atoms with Gasteiger partial charge in [0.05, 0.1) is 11.3 Å². The smallest absolute Gasteiger partial charge is 0.230 e. The number of carbonyl (C=O) groups excluding carboxylic acids is 1. The van der Waals surface area contributed by atoms with Crippen molar-refractivity contribution in [1.82, 2.24) is 0 Å². The van der Waals surface area contributed by atoms with E-state index in [9.17, 15) is 9.18 Å². The summed E-state index contributed by atoms with van der Waals surface area (Å²) in [5.41, 5.74) is -0.0353. The number of nitrogens with zero attached hydrogens (tertiary/aromatic N) is 1.